The summed E-state index contributed by atoms with van der Waals surface area (Å²) in [6.45, 7) is 6.48. The standard InChI is InChI=1S/C16H23N5O2S/c1-4-13(21-15(17)19-20-16(21)24-6-3)14(22)18-11-7-9-12(10-8-11)23-5-2/h7-10,13H,4-6H2,1-3H3,(H2,17,19)(H,18,22). The number of rotatable bonds is 8. The van der Waals surface area contributed by atoms with Crippen LogP contribution in [-0.2, 0) is 4.79 Å². The average molecular weight is 349 g/mol. The fourth-order valence-corrected chi connectivity index (χ4v) is 3.04. The first-order valence-corrected chi connectivity index (χ1v) is 8.96. The number of carbonyl (C=O) groups excluding carboxylic acids is 1. The van der Waals surface area contributed by atoms with Crippen LogP contribution in [0.5, 0.6) is 5.75 Å². The molecular weight excluding hydrogens is 326 g/mol. The van der Waals surface area contributed by atoms with E-state index >= 15 is 0 Å². The van der Waals surface area contributed by atoms with E-state index < -0.39 is 6.04 Å². The van der Waals surface area contributed by atoms with E-state index in [4.69, 9.17) is 10.5 Å². The molecule has 0 radical (unpaired) electrons. The number of hydrogen-bond donors (Lipinski definition) is 2. The van der Waals surface area contributed by atoms with Crippen LogP contribution in [0.4, 0.5) is 11.6 Å². The smallest absolute Gasteiger partial charge is 0.247 e. The number of hydrogen-bond acceptors (Lipinski definition) is 6. The molecule has 8 heteroatoms. The van der Waals surface area contributed by atoms with E-state index in [1.165, 1.54) is 11.8 Å². The number of thioether (sulfide) groups is 1. The molecule has 130 valence electrons. The van der Waals surface area contributed by atoms with E-state index in [2.05, 4.69) is 15.5 Å². The number of nitrogen functional groups attached to an aromatic ring is 1. The minimum Gasteiger partial charge on any atom is -0.494 e. The van der Waals surface area contributed by atoms with Crippen molar-refractivity contribution in [1.82, 2.24) is 14.8 Å². The van der Waals surface area contributed by atoms with E-state index in [1.54, 1.807) is 4.57 Å². The third-order valence-electron chi connectivity index (χ3n) is 3.40. The number of nitrogens with zero attached hydrogens (tertiary/aromatic N) is 3. The van der Waals surface area contributed by atoms with Gasteiger partial charge in [-0.2, -0.15) is 0 Å². The maximum Gasteiger partial charge on any atom is 0.247 e. The lowest BCUT2D eigenvalue weighted by atomic mass is 10.2. The van der Waals surface area contributed by atoms with Crippen molar-refractivity contribution in [2.75, 3.05) is 23.4 Å². The van der Waals surface area contributed by atoms with Crippen LogP contribution in [0.1, 0.15) is 33.2 Å². The average Bonchev–Trinajstić information content (AvgIpc) is 2.92. The van der Waals surface area contributed by atoms with Gasteiger partial charge in [-0.05, 0) is 43.4 Å². The quantitative estimate of drug-likeness (QED) is 0.712. The predicted octanol–water partition coefficient (Wildman–Crippen LogP) is 2.96. The molecule has 1 unspecified atom stereocenters. The van der Waals surface area contributed by atoms with Gasteiger partial charge < -0.3 is 15.8 Å². The van der Waals surface area contributed by atoms with Gasteiger partial charge in [0.2, 0.25) is 11.9 Å². The number of amides is 1. The molecule has 0 aliphatic rings. The summed E-state index contributed by atoms with van der Waals surface area (Å²) in [5.74, 6) is 1.70. The number of benzene rings is 1. The first kappa shape index (κ1) is 18.1. The van der Waals surface area contributed by atoms with Crippen LogP contribution >= 0.6 is 11.8 Å². The number of aromatic nitrogens is 3. The van der Waals surface area contributed by atoms with E-state index in [9.17, 15) is 4.79 Å². The van der Waals surface area contributed by atoms with Crippen LogP contribution in [0, 0.1) is 0 Å². The molecule has 2 rings (SSSR count). The van der Waals surface area contributed by atoms with Crippen LogP contribution in [-0.4, -0.2) is 33.0 Å². The highest BCUT2D eigenvalue weighted by atomic mass is 32.2. The molecule has 0 spiro atoms. The number of carbonyl (C=O) groups is 1. The summed E-state index contributed by atoms with van der Waals surface area (Å²) in [5, 5.41) is 11.5. The second-order valence-electron chi connectivity index (χ2n) is 5.01. The first-order valence-electron chi connectivity index (χ1n) is 7.97. The molecule has 1 atom stereocenters. The fraction of sp³-hybridized carbons (Fsp3) is 0.438. The fourth-order valence-electron chi connectivity index (χ4n) is 2.32. The monoisotopic (exact) mass is 349 g/mol. The van der Waals surface area contributed by atoms with Gasteiger partial charge in [0.25, 0.3) is 0 Å². The molecule has 1 aromatic carbocycles. The Kier molecular flexibility index (Phi) is 6.48. The second-order valence-corrected chi connectivity index (χ2v) is 6.25. The minimum atomic E-state index is -0.458. The van der Waals surface area contributed by atoms with Gasteiger partial charge in [-0.15, -0.1) is 10.2 Å². The maximum absolute atomic E-state index is 12.7. The zero-order chi connectivity index (χ0) is 17.5. The Balaban J connectivity index is 2.15. The summed E-state index contributed by atoms with van der Waals surface area (Å²) in [5.41, 5.74) is 6.62. The summed E-state index contributed by atoms with van der Waals surface area (Å²) >= 11 is 1.51. The van der Waals surface area contributed by atoms with Gasteiger partial charge >= 0.3 is 0 Å². The van der Waals surface area contributed by atoms with E-state index in [0.717, 1.165) is 11.5 Å². The number of anilines is 2. The summed E-state index contributed by atoms with van der Waals surface area (Å²) in [6, 6.07) is 6.82. The molecule has 24 heavy (non-hydrogen) atoms. The van der Waals surface area contributed by atoms with Crippen molar-refractivity contribution in [2.24, 2.45) is 0 Å². The van der Waals surface area contributed by atoms with Crippen molar-refractivity contribution in [1.29, 1.82) is 0 Å². The molecule has 0 saturated heterocycles. The van der Waals surface area contributed by atoms with Gasteiger partial charge in [0.1, 0.15) is 11.8 Å². The Morgan fingerprint density at radius 2 is 2.00 bits per heavy atom. The van der Waals surface area contributed by atoms with Crippen molar-refractivity contribution < 1.29 is 9.53 Å². The molecule has 0 saturated carbocycles. The highest BCUT2D eigenvalue weighted by Crippen LogP contribution is 2.26. The Morgan fingerprint density at radius 3 is 2.58 bits per heavy atom. The van der Waals surface area contributed by atoms with Crippen LogP contribution in [0.15, 0.2) is 29.4 Å². The lowest BCUT2D eigenvalue weighted by Crippen LogP contribution is -2.27. The van der Waals surface area contributed by atoms with Crippen molar-refractivity contribution in [2.45, 2.75) is 38.4 Å². The van der Waals surface area contributed by atoms with Gasteiger partial charge in [-0.1, -0.05) is 25.6 Å². The maximum atomic E-state index is 12.7. The topological polar surface area (TPSA) is 95.1 Å². The van der Waals surface area contributed by atoms with Crippen molar-refractivity contribution in [3.05, 3.63) is 24.3 Å². The lowest BCUT2D eigenvalue weighted by molar-refractivity contribution is -0.119. The third kappa shape index (κ3) is 4.19. The molecule has 0 bridgehead atoms. The highest BCUT2D eigenvalue weighted by molar-refractivity contribution is 7.99. The van der Waals surface area contributed by atoms with Gasteiger partial charge in [0.05, 0.1) is 6.61 Å². The SMILES string of the molecule is CCOc1ccc(NC(=O)C(CC)n2c(N)nnc2SCC)cc1. The molecule has 0 aliphatic heterocycles. The summed E-state index contributed by atoms with van der Waals surface area (Å²) in [4.78, 5) is 12.7. The van der Waals surface area contributed by atoms with Crippen LogP contribution in [0.2, 0.25) is 0 Å². The Morgan fingerprint density at radius 1 is 1.29 bits per heavy atom. The molecular formula is C16H23N5O2S. The Labute approximate surface area is 146 Å². The molecule has 1 amide bonds. The molecule has 7 nitrogen and oxygen atoms in total. The van der Waals surface area contributed by atoms with Crippen molar-refractivity contribution in [3.8, 4) is 5.75 Å². The van der Waals surface area contributed by atoms with Crippen LogP contribution in [0.25, 0.3) is 0 Å². The second kappa shape index (κ2) is 8.58. The molecule has 0 aliphatic carbocycles. The van der Waals surface area contributed by atoms with Crippen molar-refractivity contribution >= 4 is 29.3 Å². The normalized spacial score (nSPS) is 12.0. The molecule has 1 heterocycles. The molecule has 1 aromatic heterocycles. The molecule has 0 fully saturated rings. The minimum absolute atomic E-state index is 0.147. The summed E-state index contributed by atoms with van der Waals surface area (Å²) in [7, 11) is 0. The van der Waals surface area contributed by atoms with Crippen molar-refractivity contribution in [3.63, 3.8) is 0 Å². The lowest BCUT2D eigenvalue weighted by Gasteiger charge is -2.19. The van der Waals surface area contributed by atoms with Gasteiger partial charge in [0.15, 0.2) is 5.16 Å². The van der Waals surface area contributed by atoms with Gasteiger partial charge in [-0.25, -0.2) is 0 Å². The predicted molar refractivity (Wildman–Crippen MR) is 96.4 cm³/mol. The Hall–Kier alpha value is -2.22. The molecule has 3 N–H and O–H groups in total. The van der Waals surface area contributed by atoms with E-state index in [-0.39, 0.29) is 11.9 Å². The van der Waals surface area contributed by atoms with Gasteiger partial charge in [-0.3, -0.25) is 9.36 Å². The largest absolute Gasteiger partial charge is 0.494 e. The molecule has 2 aromatic rings. The number of ether oxygens (including phenoxy) is 1. The highest BCUT2D eigenvalue weighted by Gasteiger charge is 2.24. The van der Waals surface area contributed by atoms with E-state index in [1.807, 2.05) is 45.0 Å². The third-order valence-corrected chi connectivity index (χ3v) is 4.22. The summed E-state index contributed by atoms with van der Waals surface area (Å²) in [6.07, 6.45) is 0.586. The number of nitrogens with two attached hydrogens (primary N) is 1. The zero-order valence-corrected chi connectivity index (χ0v) is 15.0. The van der Waals surface area contributed by atoms with Crippen LogP contribution in [0.3, 0.4) is 0 Å². The van der Waals surface area contributed by atoms with Crippen LogP contribution < -0.4 is 15.8 Å². The van der Waals surface area contributed by atoms with Gasteiger partial charge in [0, 0.05) is 5.69 Å². The van der Waals surface area contributed by atoms with E-state index in [0.29, 0.717) is 23.9 Å². The first-order chi connectivity index (χ1) is 11.6. The number of nitrogens with one attached hydrogen (secondary N) is 1. The summed E-state index contributed by atoms with van der Waals surface area (Å²) < 4.78 is 7.09. The Bertz CT molecular complexity index is 672. The zero-order valence-electron chi connectivity index (χ0n) is 14.2.